The highest BCUT2D eigenvalue weighted by Crippen LogP contribution is 2.50. The first-order valence-electron chi connectivity index (χ1n) is 6.09. The van der Waals surface area contributed by atoms with Crippen molar-refractivity contribution >= 4 is 6.21 Å². The van der Waals surface area contributed by atoms with E-state index in [-0.39, 0.29) is 22.6 Å². The summed E-state index contributed by atoms with van der Waals surface area (Å²) in [7, 11) is 0. The van der Waals surface area contributed by atoms with Gasteiger partial charge in [0.2, 0.25) is 5.88 Å². The van der Waals surface area contributed by atoms with Crippen molar-refractivity contribution in [2.24, 2.45) is 16.3 Å². The van der Waals surface area contributed by atoms with Crippen molar-refractivity contribution in [3.8, 4) is 18.2 Å². The fourth-order valence-corrected chi connectivity index (χ4v) is 1.94. The van der Waals surface area contributed by atoms with Crippen LogP contribution in [0.25, 0.3) is 0 Å². The van der Waals surface area contributed by atoms with Crippen LogP contribution >= 0.6 is 0 Å². The Balaban J connectivity index is 3.77. The Hall–Kier alpha value is -2.98. The molecular weight excluding hydrogens is 270 g/mol. The highest BCUT2D eigenvalue weighted by Gasteiger charge is 2.58. The summed E-state index contributed by atoms with van der Waals surface area (Å²) in [6, 6.07) is 5.35. The van der Waals surface area contributed by atoms with Gasteiger partial charge >= 0.3 is 5.79 Å². The first kappa shape index (κ1) is 16.1. The lowest BCUT2D eigenvalue weighted by Crippen LogP contribution is -2.47. The van der Waals surface area contributed by atoms with Crippen LogP contribution in [-0.4, -0.2) is 12.0 Å². The van der Waals surface area contributed by atoms with Gasteiger partial charge in [0.1, 0.15) is 29.4 Å². The molecule has 0 aliphatic carbocycles. The first-order chi connectivity index (χ1) is 9.78. The van der Waals surface area contributed by atoms with Gasteiger partial charge in [0.05, 0.1) is 5.57 Å². The summed E-state index contributed by atoms with van der Waals surface area (Å²) in [5, 5.41) is 31.3. The lowest BCUT2D eigenvalue weighted by atomic mass is 9.78. The Bertz CT molecular complexity index is 645. The van der Waals surface area contributed by atoms with E-state index in [4.69, 9.17) is 25.8 Å². The van der Waals surface area contributed by atoms with Gasteiger partial charge in [0, 0.05) is 11.6 Å². The molecule has 7 heteroatoms. The van der Waals surface area contributed by atoms with Gasteiger partial charge in [0.25, 0.3) is 0 Å². The Morgan fingerprint density at radius 3 is 2.29 bits per heavy atom. The molecule has 7 nitrogen and oxygen atoms in total. The molecule has 0 aromatic rings. The third kappa shape index (κ3) is 2.40. The third-order valence-corrected chi connectivity index (χ3v) is 2.94. The van der Waals surface area contributed by atoms with Crippen molar-refractivity contribution in [1.29, 1.82) is 15.8 Å². The molecule has 2 N–H and O–H groups in total. The standard InChI is InChI=1S/C14H15N5O2/c1-5-19-21-14(13(2,3)4)11(9(6-15)7-16)10(8-17)12(18)20-14/h5H,18H2,1-4H3/b19-5-/t14-/m1/s1. The number of allylic oxidation sites excluding steroid dienone is 1. The van der Waals surface area contributed by atoms with Crippen LogP contribution in [0, 0.1) is 39.4 Å². The molecule has 0 radical (unpaired) electrons. The first-order valence-corrected chi connectivity index (χ1v) is 6.09. The molecule has 1 heterocycles. The van der Waals surface area contributed by atoms with E-state index < -0.39 is 11.2 Å². The van der Waals surface area contributed by atoms with E-state index in [1.54, 1.807) is 39.8 Å². The number of rotatable bonds is 2. The lowest BCUT2D eigenvalue weighted by molar-refractivity contribution is -0.235. The summed E-state index contributed by atoms with van der Waals surface area (Å²) in [4.78, 5) is 5.42. The van der Waals surface area contributed by atoms with E-state index in [1.165, 1.54) is 6.21 Å². The minimum absolute atomic E-state index is 0.00519. The van der Waals surface area contributed by atoms with E-state index in [0.717, 1.165) is 0 Å². The Morgan fingerprint density at radius 2 is 1.90 bits per heavy atom. The second-order valence-electron chi connectivity index (χ2n) is 5.25. The fraction of sp³-hybridized carbons (Fsp3) is 0.429. The largest absolute Gasteiger partial charge is 0.429 e. The summed E-state index contributed by atoms with van der Waals surface area (Å²) in [5.41, 5.74) is 4.59. The zero-order valence-corrected chi connectivity index (χ0v) is 12.3. The molecule has 0 amide bonds. The van der Waals surface area contributed by atoms with Crippen LogP contribution in [0.5, 0.6) is 0 Å². The van der Waals surface area contributed by atoms with Crippen molar-refractivity contribution in [2.45, 2.75) is 33.5 Å². The van der Waals surface area contributed by atoms with Gasteiger partial charge in [-0.1, -0.05) is 25.9 Å². The number of hydrogen-bond acceptors (Lipinski definition) is 7. The Kier molecular flexibility index (Phi) is 4.26. The number of hydrogen-bond donors (Lipinski definition) is 1. The van der Waals surface area contributed by atoms with E-state index >= 15 is 0 Å². The van der Waals surface area contributed by atoms with Crippen LogP contribution in [0.4, 0.5) is 0 Å². The molecule has 0 aromatic heterocycles. The summed E-state index contributed by atoms with van der Waals surface area (Å²) < 4.78 is 5.56. The van der Waals surface area contributed by atoms with Crippen molar-refractivity contribution in [2.75, 3.05) is 0 Å². The summed E-state index contributed by atoms with van der Waals surface area (Å²) in [6.07, 6.45) is 1.38. The van der Waals surface area contributed by atoms with Gasteiger partial charge in [-0.15, -0.1) is 0 Å². The normalized spacial score (nSPS) is 21.5. The molecule has 108 valence electrons. The molecule has 1 aliphatic rings. The number of nitrogens with zero attached hydrogens (tertiary/aromatic N) is 4. The van der Waals surface area contributed by atoms with Gasteiger partial charge in [-0.2, -0.15) is 15.8 Å². The smallest absolute Gasteiger partial charge is 0.311 e. The molecular formula is C14H15N5O2. The average molecular weight is 285 g/mol. The quantitative estimate of drug-likeness (QED) is 0.468. The van der Waals surface area contributed by atoms with Gasteiger partial charge in [-0.05, 0) is 6.92 Å². The van der Waals surface area contributed by atoms with E-state index in [9.17, 15) is 5.26 Å². The second-order valence-corrected chi connectivity index (χ2v) is 5.25. The maximum atomic E-state index is 9.26. The maximum Gasteiger partial charge on any atom is 0.311 e. The van der Waals surface area contributed by atoms with Crippen molar-refractivity contribution < 1.29 is 9.57 Å². The maximum absolute atomic E-state index is 9.26. The van der Waals surface area contributed by atoms with Gasteiger partial charge in [-0.25, -0.2) is 0 Å². The predicted octanol–water partition coefficient (Wildman–Crippen LogP) is 1.82. The molecule has 0 saturated heterocycles. The Labute approximate surface area is 123 Å². The van der Waals surface area contributed by atoms with Crippen molar-refractivity contribution in [3.05, 3.63) is 22.6 Å². The van der Waals surface area contributed by atoms with Crippen LogP contribution in [0.3, 0.4) is 0 Å². The molecule has 0 unspecified atom stereocenters. The van der Waals surface area contributed by atoms with Gasteiger partial charge in [0.15, 0.2) is 0 Å². The van der Waals surface area contributed by atoms with Crippen LogP contribution in [0.1, 0.15) is 27.7 Å². The molecule has 0 bridgehead atoms. The fourth-order valence-electron chi connectivity index (χ4n) is 1.94. The number of nitrogens with two attached hydrogens (primary N) is 1. The van der Waals surface area contributed by atoms with Crippen LogP contribution in [0.15, 0.2) is 27.8 Å². The lowest BCUT2D eigenvalue weighted by Gasteiger charge is -2.38. The molecule has 1 aliphatic heterocycles. The summed E-state index contributed by atoms with van der Waals surface area (Å²) in [5.74, 6) is -1.81. The second kappa shape index (κ2) is 5.56. The molecule has 0 spiro atoms. The minimum atomic E-state index is -1.62. The predicted molar refractivity (Wildman–Crippen MR) is 73.6 cm³/mol. The average Bonchev–Trinajstić information content (AvgIpc) is 2.71. The molecule has 21 heavy (non-hydrogen) atoms. The molecule has 1 atom stereocenters. The highest BCUT2D eigenvalue weighted by atomic mass is 16.8. The van der Waals surface area contributed by atoms with Crippen LogP contribution < -0.4 is 5.73 Å². The molecule has 0 fully saturated rings. The Morgan fingerprint density at radius 1 is 1.33 bits per heavy atom. The third-order valence-electron chi connectivity index (χ3n) is 2.94. The summed E-state index contributed by atoms with van der Waals surface area (Å²) in [6.45, 7) is 6.92. The van der Waals surface area contributed by atoms with Crippen LogP contribution in [-0.2, 0) is 9.57 Å². The number of ether oxygens (including phenoxy) is 1. The van der Waals surface area contributed by atoms with Gasteiger partial charge in [-0.3, -0.25) is 0 Å². The van der Waals surface area contributed by atoms with Crippen molar-refractivity contribution in [3.63, 3.8) is 0 Å². The molecule has 0 saturated carbocycles. The van der Waals surface area contributed by atoms with E-state index in [1.807, 2.05) is 6.07 Å². The van der Waals surface area contributed by atoms with E-state index in [0.29, 0.717) is 0 Å². The number of nitriles is 3. The summed E-state index contributed by atoms with van der Waals surface area (Å²) >= 11 is 0. The monoisotopic (exact) mass is 285 g/mol. The molecule has 0 aromatic carbocycles. The SMILES string of the molecule is C/C=N\O[C@]1(C(C)(C)C)OC(N)=C(C#N)C1=C(C#N)C#N. The van der Waals surface area contributed by atoms with E-state index in [2.05, 4.69) is 5.16 Å². The molecule has 1 rings (SSSR count). The topological polar surface area (TPSA) is 128 Å². The van der Waals surface area contributed by atoms with Crippen LogP contribution in [0.2, 0.25) is 0 Å². The highest BCUT2D eigenvalue weighted by molar-refractivity contribution is 5.61. The minimum Gasteiger partial charge on any atom is -0.429 e. The van der Waals surface area contributed by atoms with Crippen molar-refractivity contribution in [1.82, 2.24) is 0 Å². The number of oxime groups is 1. The van der Waals surface area contributed by atoms with Gasteiger partial charge < -0.3 is 15.3 Å². The zero-order valence-electron chi connectivity index (χ0n) is 12.3. The zero-order chi connectivity index (χ0) is 16.3.